The zero-order chi connectivity index (χ0) is 17.2. The molecule has 0 saturated heterocycles. The van der Waals surface area contributed by atoms with Crippen LogP contribution in [0.3, 0.4) is 0 Å². The average molecular weight is 347 g/mol. The summed E-state index contributed by atoms with van der Waals surface area (Å²) in [5, 5.41) is 10.8. The lowest BCUT2D eigenvalue weighted by Gasteiger charge is -2.03. The van der Waals surface area contributed by atoms with Crippen molar-refractivity contribution in [3.8, 4) is 39.7 Å². The van der Waals surface area contributed by atoms with Gasteiger partial charge in [-0.25, -0.2) is 4.98 Å². The van der Waals surface area contributed by atoms with Crippen molar-refractivity contribution in [1.82, 2.24) is 9.97 Å². The van der Waals surface area contributed by atoms with Crippen LogP contribution in [0.2, 0.25) is 5.02 Å². The van der Waals surface area contributed by atoms with E-state index in [1.165, 1.54) is 0 Å². The summed E-state index contributed by atoms with van der Waals surface area (Å²) in [7, 11) is 0. The minimum atomic E-state index is 0.188. The number of aromatic nitrogens is 2. The van der Waals surface area contributed by atoms with Crippen molar-refractivity contribution in [1.29, 1.82) is 0 Å². The standard InChI is InChI=1S/C21H15ClN2O/c22-16-10-6-9-15(13-16)20-19(14-7-2-1-3-8-14)23-21(24-20)17-11-4-5-12-18(17)25/h1-13,25H,(H,23,24). The lowest BCUT2D eigenvalue weighted by atomic mass is 10.1. The van der Waals surface area contributed by atoms with E-state index in [2.05, 4.69) is 4.98 Å². The summed E-state index contributed by atoms with van der Waals surface area (Å²) >= 11 is 6.16. The minimum absolute atomic E-state index is 0.188. The molecule has 122 valence electrons. The van der Waals surface area contributed by atoms with Gasteiger partial charge in [0.15, 0.2) is 0 Å². The first-order valence-electron chi connectivity index (χ1n) is 7.92. The predicted molar refractivity (Wildman–Crippen MR) is 102 cm³/mol. The molecule has 1 heterocycles. The third kappa shape index (κ3) is 3.02. The molecule has 4 heteroatoms. The lowest BCUT2D eigenvalue weighted by Crippen LogP contribution is -1.83. The Hall–Kier alpha value is -3.04. The second-order valence-corrected chi connectivity index (χ2v) is 6.14. The fraction of sp³-hybridized carbons (Fsp3) is 0. The van der Waals surface area contributed by atoms with E-state index in [9.17, 15) is 5.11 Å². The highest BCUT2D eigenvalue weighted by Crippen LogP contribution is 2.35. The maximum atomic E-state index is 10.2. The number of aromatic amines is 1. The largest absolute Gasteiger partial charge is 0.507 e. The normalized spacial score (nSPS) is 10.8. The second-order valence-electron chi connectivity index (χ2n) is 5.70. The van der Waals surface area contributed by atoms with E-state index >= 15 is 0 Å². The van der Waals surface area contributed by atoms with Gasteiger partial charge in [0.1, 0.15) is 11.6 Å². The van der Waals surface area contributed by atoms with E-state index in [-0.39, 0.29) is 5.75 Å². The second kappa shape index (κ2) is 6.46. The first-order valence-corrected chi connectivity index (χ1v) is 8.30. The van der Waals surface area contributed by atoms with Crippen LogP contribution in [0.5, 0.6) is 5.75 Å². The number of nitrogens with zero attached hydrogens (tertiary/aromatic N) is 1. The van der Waals surface area contributed by atoms with Crippen LogP contribution >= 0.6 is 11.6 Å². The summed E-state index contributed by atoms with van der Waals surface area (Å²) in [5.41, 5.74) is 4.29. The van der Waals surface area contributed by atoms with Crippen LogP contribution in [0.15, 0.2) is 78.9 Å². The molecule has 0 bridgehead atoms. The van der Waals surface area contributed by atoms with E-state index < -0.39 is 0 Å². The SMILES string of the molecule is Oc1ccccc1-c1nc(-c2cccc(Cl)c2)c(-c2ccccc2)[nH]1. The van der Waals surface area contributed by atoms with Crippen LogP contribution in [0.4, 0.5) is 0 Å². The molecule has 3 nitrogen and oxygen atoms in total. The number of para-hydroxylation sites is 1. The van der Waals surface area contributed by atoms with Crippen LogP contribution < -0.4 is 0 Å². The van der Waals surface area contributed by atoms with Crippen molar-refractivity contribution < 1.29 is 5.11 Å². The van der Waals surface area contributed by atoms with E-state index in [0.29, 0.717) is 16.4 Å². The highest BCUT2D eigenvalue weighted by atomic mass is 35.5. The number of imidazole rings is 1. The Morgan fingerprint density at radius 3 is 2.28 bits per heavy atom. The van der Waals surface area contributed by atoms with Gasteiger partial charge < -0.3 is 10.1 Å². The van der Waals surface area contributed by atoms with Crippen LogP contribution in [-0.4, -0.2) is 15.1 Å². The molecule has 4 aromatic rings. The van der Waals surface area contributed by atoms with Gasteiger partial charge in [-0.05, 0) is 24.3 Å². The van der Waals surface area contributed by atoms with Crippen molar-refractivity contribution in [3.05, 3.63) is 83.9 Å². The summed E-state index contributed by atoms with van der Waals surface area (Å²) < 4.78 is 0. The first-order chi connectivity index (χ1) is 12.2. The number of hydrogen-bond donors (Lipinski definition) is 2. The molecule has 0 spiro atoms. The molecule has 0 aliphatic heterocycles. The van der Waals surface area contributed by atoms with E-state index in [0.717, 1.165) is 22.5 Å². The summed E-state index contributed by atoms with van der Waals surface area (Å²) in [4.78, 5) is 8.11. The maximum absolute atomic E-state index is 10.2. The molecule has 1 aromatic heterocycles. The molecule has 4 rings (SSSR count). The van der Waals surface area contributed by atoms with Crippen LogP contribution in [0.1, 0.15) is 0 Å². The van der Waals surface area contributed by atoms with Gasteiger partial charge in [-0.3, -0.25) is 0 Å². The molecular weight excluding hydrogens is 332 g/mol. The molecule has 0 aliphatic rings. The number of halogens is 1. The lowest BCUT2D eigenvalue weighted by molar-refractivity contribution is 0.477. The van der Waals surface area contributed by atoms with Crippen molar-refractivity contribution >= 4 is 11.6 Å². The van der Waals surface area contributed by atoms with Gasteiger partial charge in [-0.15, -0.1) is 0 Å². The number of aromatic hydroxyl groups is 1. The Morgan fingerprint density at radius 2 is 1.52 bits per heavy atom. The van der Waals surface area contributed by atoms with Crippen LogP contribution in [-0.2, 0) is 0 Å². The molecule has 0 fully saturated rings. The fourth-order valence-corrected chi connectivity index (χ4v) is 3.02. The number of H-pyrrole nitrogens is 1. The summed E-state index contributed by atoms with van der Waals surface area (Å²) in [6, 6.07) is 24.7. The third-order valence-corrected chi connectivity index (χ3v) is 4.26. The Morgan fingerprint density at radius 1 is 0.800 bits per heavy atom. The Labute approximate surface area is 150 Å². The maximum Gasteiger partial charge on any atom is 0.142 e. The molecular formula is C21H15ClN2O. The number of hydrogen-bond acceptors (Lipinski definition) is 2. The van der Waals surface area contributed by atoms with Gasteiger partial charge in [0.25, 0.3) is 0 Å². The predicted octanol–water partition coefficient (Wildman–Crippen LogP) is 5.77. The zero-order valence-electron chi connectivity index (χ0n) is 13.3. The van der Waals surface area contributed by atoms with Gasteiger partial charge in [-0.1, -0.05) is 66.2 Å². The van der Waals surface area contributed by atoms with Gasteiger partial charge in [-0.2, -0.15) is 0 Å². The topological polar surface area (TPSA) is 48.9 Å². The number of phenolic OH excluding ortho intramolecular Hbond substituents is 1. The highest BCUT2D eigenvalue weighted by molar-refractivity contribution is 6.30. The Kier molecular flexibility index (Phi) is 4.00. The molecule has 0 saturated carbocycles. The van der Waals surface area contributed by atoms with Crippen molar-refractivity contribution in [3.63, 3.8) is 0 Å². The van der Waals surface area contributed by atoms with E-state index in [1.807, 2.05) is 66.7 Å². The Balaban J connectivity index is 1.94. The molecule has 2 N–H and O–H groups in total. The van der Waals surface area contributed by atoms with Crippen LogP contribution in [0, 0.1) is 0 Å². The van der Waals surface area contributed by atoms with Gasteiger partial charge >= 0.3 is 0 Å². The molecule has 0 radical (unpaired) electrons. The first kappa shape index (κ1) is 15.5. The third-order valence-electron chi connectivity index (χ3n) is 4.02. The number of rotatable bonds is 3. The molecule has 0 aliphatic carbocycles. The highest BCUT2D eigenvalue weighted by Gasteiger charge is 2.16. The fourth-order valence-electron chi connectivity index (χ4n) is 2.83. The van der Waals surface area contributed by atoms with Gasteiger partial charge in [0, 0.05) is 16.1 Å². The van der Waals surface area contributed by atoms with Crippen LogP contribution in [0.25, 0.3) is 33.9 Å². The molecule has 3 aromatic carbocycles. The summed E-state index contributed by atoms with van der Waals surface area (Å²) in [6.07, 6.45) is 0. The monoisotopic (exact) mass is 346 g/mol. The zero-order valence-corrected chi connectivity index (χ0v) is 14.0. The molecule has 25 heavy (non-hydrogen) atoms. The number of nitrogens with one attached hydrogen (secondary N) is 1. The van der Waals surface area contributed by atoms with E-state index in [4.69, 9.17) is 16.6 Å². The smallest absolute Gasteiger partial charge is 0.142 e. The molecule has 0 unspecified atom stereocenters. The average Bonchev–Trinajstić information content (AvgIpc) is 3.08. The summed E-state index contributed by atoms with van der Waals surface area (Å²) in [5.74, 6) is 0.806. The Bertz CT molecular complexity index is 1030. The quantitative estimate of drug-likeness (QED) is 0.494. The molecule has 0 amide bonds. The number of benzene rings is 3. The van der Waals surface area contributed by atoms with Crippen molar-refractivity contribution in [2.45, 2.75) is 0 Å². The molecule has 0 atom stereocenters. The number of phenols is 1. The van der Waals surface area contributed by atoms with E-state index in [1.54, 1.807) is 12.1 Å². The van der Waals surface area contributed by atoms with Crippen molar-refractivity contribution in [2.75, 3.05) is 0 Å². The van der Waals surface area contributed by atoms with Crippen molar-refractivity contribution in [2.24, 2.45) is 0 Å². The summed E-state index contributed by atoms with van der Waals surface area (Å²) in [6.45, 7) is 0. The van der Waals surface area contributed by atoms with Gasteiger partial charge in [0.05, 0.1) is 17.0 Å². The van der Waals surface area contributed by atoms with Gasteiger partial charge in [0.2, 0.25) is 0 Å². The minimum Gasteiger partial charge on any atom is -0.507 e.